The van der Waals surface area contributed by atoms with Gasteiger partial charge in [0.25, 0.3) is 5.56 Å². The standard InChI is InChI=1S/C16H16N2O3S/c1-3-7-22-16-17-14(11(4-2)15(19)18-16)10-5-6-12-13(8-10)21-9-20-12/h3,5-6,8H,1,4,7,9H2,2H3,(H,17,18,19). The van der Waals surface area contributed by atoms with Crippen molar-refractivity contribution in [2.24, 2.45) is 0 Å². The second-order valence-corrected chi connectivity index (χ2v) is 5.73. The summed E-state index contributed by atoms with van der Waals surface area (Å²) in [6.07, 6.45) is 2.39. The zero-order valence-corrected chi connectivity index (χ0v) is 13.0. The van der Waals surface area contributed by atoms with Crippen molar-refractivity contribution in [2.45, 2.75) is 18.5 Å². The van der Waals surface area contributed by atoms with E-state index in [1.807, 2.05) is 25.1 Å². The van der Waals surface area contributed by atoms with Crippen LogP contribution < -0.4 is 15.0 Å². The fourth-order valence-corrected chi connectivity index (χ4v) is 2.89. The molecule has 1 aliphatic heterocycles. The van der Waals surface area contributed by atoms with Gasteiger partial charge in [0.05, 0.1) is 5.69 Å². The maximum atomic E-state index is 12.3. The predicted octanol–water partition coefficient (Wildman–Crippen LogP) is 3.01. The van der Waals surface area contributed by atoms with Gasteiger partial charge in [-0.1, -0.05) is 24.8 Å². The van der Waals surface area contributed by atoms with Crippen LogP contribution in [-0.4, -0.2) is 22.5 Å². The molecule has 1 aromatic carbocycles. The number of fused-ring (bicyclic) bond motifs is 1. The zero-order valence-electron chi connectivity index (χ0n) is 12.2. The van der Waals surface area contributed by atoms with E-state index in [1.165, 1.54) is 11.8 Å². The first-order valence-electron chi connectivity index (χ1n) is 6.99. The number of rotatable bonds is 5. The fourth-order valence-electron chi connectivity index (χ4n) is 2.29. The number of hydrogen-bond donors (Lipinski definition) is 1. The molecule has 1 N–H and O–H groups in total. The monoisotopic (exact) mass is 316 g/mol. The summed E-state index contributed by atoms with van der Waals surface area (Å²) in [6.45, 7) is 5.85. The van der Waals surface area contributed by atoms with Crippen LogP contribution in [0.4, 0.5) is 0 Å². The number of nitrogens with zero attached hydrogens (tertiary/aromatic N) is 1. The van der Waals surface area contributed by atoms with E-state index >= 15 is 0 Å². The maximum Gasteiger partial charge on any atom is 0.255 e. The average Bonchev–Trinajstić information content (AvgIpc) is 2.99. The number of nitrogens with one attached hydrogen (secondary N) is 1. The number of benzene rings is 1. The first-order chi connectivity index (χ1) is 10.7. The lowest BCUT2D eigenvalue weighted by Crippen LogP contribution is -2.16. The molecule has 0 spiro atoms. The molecule has 22 heavy (non-hydrogen) atoms. The number of aromatic amines is 1. The van der Waals surface area contributed by atoms with Crippen molar-refractivity contribution in [2.75, 3.05) is 12.5 Å². The van der Waals surface area contributed by atoms with E-state index in [-0.39, 0.29) is 12.4 Å². The highest BCUT2D eigenvalue weighted by molar-refractivity contribution is 7.99. The second-order valence-electron chi connectivity index (χ2n) is 4.72. The minimum absolute atomic E-state index is 0.100. The summed E-state index contributed by atoms with van der Waals surface area (Å²) in [7, 11) is 0. The van der Waals surface area contributed by atoms with E-state index in [0.717, 1.165) is 5.56 Å². The molecule has 0 aliphatic carbocycles. The highest BCUT2D eigenvalue weighted by Crippen LogP contribution is 2.36. The van der Waals surface area contributed by atoms with E-state index in [1.54, 1.807) is 6.08 Å². The van der Waals surface area contributed by atoms with Gasteiger partial charge in [0.2, 0.25) is 6.79 Å². The summed E-state index contributed by atoms with van der Waals surface area (Å²) in [5.41, 5.74) is 2.11. The molecule has 114 valence electrons. The minimum Gasteiger partial charge on any atom is -0.454 e. The maximum absolute atomic E-state index is 12.3. The Morgan fingerprint density at radius 1 is 1.41 bits per heavy atom. The third kappa shape index (κ3) is 2.74. The first-order valence-corrected chi connectivity index (χ1v) is 7.98. The Hall–Kier alpha value is -2.21. The van der Waals surface area contributed by atoms with Crippen molar-refractivity contribution in [3.05, 3.63) is 46.8 Å². The van der Waals surface area contributed by atoms with Crippen molar-refractivity contribution in [1.29, 1.82) is 0 Å². The number of aromatic nitrogens is 2. The third-order valence-electron chi connectivity index (χ3n) is 3.33. The summed E-state index contributed by atoms with van der Waals surface area (Å²) < 4.78 is 10.7. The molecule has 5 nitrogen and oxygen atoms in total. The van der Waals surface area contributed by atoms with Gasteiger partial charge in [-0.25, -0.2) is 4.98 Å². The lowest BCUT2D eigenvalue weighted by atomic mass is 10.0. The smallest absolute Gasteiger partial charge is 0.255 e. The summed E-state index contributed by atoms with van der Waals surface area (Å²) >= 11 is 1.45. The molecule has 2 aromatic rings. The van der Waals surface area contributed by atoms with Gasteiger partial charge in [0.1, 0.15) is 0 Å². The van der Waals surface area contributed by atoms with E-state index < -0.39 is 0 Å². The summed E-state index contributed by atoms with van der Waals surface area (Å²) in [4.78, 5) is 19.7. The molecule has 6 heteroatoms. The number of H-pyrrole nitrogens is 1. The van der Waals surface area contributed by atoms with Crippen molar-refractivity contribution in [3.63, 3.8) is 0 Å². The van der Waals surface area contributed by atoms with Gasteiger partial charge in [-0.2, -0.15) is 0 Å². The summed E-state index contributed by atoms with van der Waals surface area (Å²) in [5.74, 6) is 2.09. The number of thioether (sulfide) groups is 1. The lowest BCUT2D eigenvalue weighted by Gasteiger charge is -2.09. The lowest BCUT2D eigenvalue weighted by molar-refractivity contribution is 0.174. The largest absolute Gasteiger partial charge is 0.454 e. The van der Waals surface area contributed by atoms with Crippen molar-refractivity contribution in [1.82, 2.24) is 9.97 Å². The molecule has 2 heterocycles. The minimum atomic E-state index is -0.100. The highest BCUT2D eigenvalue weighted by atomic mass is 32.2. The molecular formula is C16H16N2O3S. The molecule has 0 bridgehead atoms. The summed E-state index contributed by atoms with van der Waals surface area (Å²) in [6, 6.07) is 5.61. The van der Waals surface area contributed by atoms with E-state index in [4.69, 9.17) is 9.47 Å². The second kappa shape index (κ2) is 6.27. The average molecular weight is 316 g/mol. The molecule has 0 radical (unpaired) electrons. The fraction of sp³-hybridized carbons (Fsp3) is 0.250. The molecule has 0 fully saturated rings. The van der Waals surface area contributed by atoms with Crippen LogP contribution in [0.2, 0.25) is 0 Å². The van der Waals surface area contributed by atoms with Crippen molar-refractivity contribution in [3.8, 4) is 22.8 Å². The van der Waals surface area contributed by atoms with Crippen LogP contribution in [0.1, 0.15) is 12.5 Å². The van der Waals surface area contributed by atoms with Crippen LogP contribution in [0.3, 0.4) is 0 Å². The topological polar surface area (TPSA) is 64.2 Å². The van der Waals surface area contributed by atoms with Gasteiger partial charge in [0.15, 0.2) is 16.7 Å². The zero-order chi connectivity index (χ0) is 15.5. The molecule has 0 atom stereocenters. The Labute approximate surface area is 132 Å². The Morgan fingerprint density at radius 3 is 3.00 bits per heavy atom. The van der Waals surface area contributed by atoms with Gasteiger partial charge in [0, 0.05) is 16.9 Å². The molecule has 0 unspecified atom stereocenters. The van der Waals surface area contributed by atoms with Gasteiger partial charge in [-0.05, 0) is 24.6 Å². The van der Waals surface area contributed by atoms with E-state index in [9.17, 15) is 4.79 Å². The molecular weight excluding hydrogens is 300 g/mol. The van der Waals surface area contributed by atoms with Gasteiger partial charge in [-0.3, -0.25) is 4.79 Å². The van der Waals surface area contributed by atoms with Gasteiger partial charge >= 0.3 is 0 Å². The third-order valence-corrected chi connectivity index (χ3v) is 4.20. The quantitative estimate of drug-likeness (QED) is 0.522. The van der Waals surface area contributed by atoms with Crippen LogP contribution in [0.25, 0.3) is 11.3 Å². The molecule has 3 rings (SSSR count). The summed E-state index contributed by atoms with van der Waals surface area (Å²) in [5, 5.41) is 0.592. The van der Waals surface area contributed by atoms with Crippen LogP contribution in [0, 0.1) is 0 Å². The molecule has 1 aliphatic rings. The van der Waals surface area contributed by atoms with Crippen LogP contribution in [-0.2, 0) is 6.42 Å². The van der Waals surface area contributed by atoms with Gasteiger partial charge < -0.3 is 14.5 Å². The van der Waals surface area contributed by atoms with Crippen molar-refractivity contribution < 1.29 is 9.47 Å². The van der Waals surface area contributed by atoms with Crippen LogP contribution >= 0.6 is 11.8 Å². The van der Waals surface area contributed by atoms with E-state index in [2.05, 4.69) is 16.5 Å². The predicted molar refractivity (Wildman–Crippen MR) is 86.7 cm³/mol. The Morgan fingerprint density at radius 2 is 2.23 bits per heavy atom. The highest BCUT2D eigenvalue weighted by Gasteiger charge is 2.17. The molecule has 0 amide bonds. The first kappa shape index (κ1) is 14.7. The van der Waals surface area contributed by atoms with Crippen molar-refractivity contribution >= 4 is 11.8 Å². The van der Waals surface area contributed by atoms with Crippen LogP contribution in [0.5, 0.6) is 11.5 Å². The van der Waals surface area contributed by atoms with Gasteiger partial charge in [-0.15, -0.1) is 6.58 Å². The molecule has 1 aromatic heterocycles. The van der Waals surface area contributed by atoms with Crippen LogP contribution in [0.15, 0.2) is 40.8 Å². The molecule has 0 saturated heterocycles. The normalized spacial score (nSPS) is 12.4. The number of hydrogen-bond acceptors (Lipinski definition) is 5. The number of ether oxygens (including phenoxy) is 2. The SMILES string of the molecule is C=CCSc1nc(-c2ccc3c(c2)OCO3)c(CC)c(=O)[nH]1. The Bertz CT molecular complexity index is 770. The Balaban J connectivity index is 2.09. The van der Waals surface area contributed by atoms with E-state index in [0.29, 0.717) is 40.1 Å². The molecule has 0 saturated carbocycles. The Kier molecular flexibility index (Phi) is 4.20.